The summed E-state index contributed by atoms with van der Waals surface area (Å²) >= 11 is 0. The summed E-state index contributed by atoms with van der Waals surface area (Å²) in [6, 6.07) is 6.41. The van der Waals surface area contributed by atoms with Crippen molar-refractivity contribution in [2.45, 2.75) is 71.0 Å². The number of hydrogen-bond acceptors (Lipinski definition) is 3. The third-order valence-corrected chi connectivity index (χ3v) is 6.29. The van der Waals surface area contributed by atoms with Gasteiger partial charge in [0.1, 0.15) is 17.4 Å². The second kappa shape index (κ2) is 9.24. The number of carbonyl (C=O) groups excluding carboxylic acids is 2. The summed E-state index contributed by atoms with van der Waals surface area (Å²) in [7, 11) is 0. The molecule has 1 aromatic carbocycles. The second-order valence-corrected chi connectivity index (χ2v) is 8.90. The van der Waals surface area contributed by atoms with E-state index in [1.165, 1.54) is 6.07 Å². The predicted molar refractivity (Wildman–Crippen MR) is 112 cm³/mol. The van der Waals surface area contributed by atoms with E-state index in [4.69, 9.17) is 0 Å². The molecule has 0 aliphatic carbocycles. The van der Waals surface area contributed by atoms with E-state index in [0.717, 1.165) is 12.8 Å². The summed E-state index contributed by atoms with van der Waals surface area (Å²) in [5.74, 6) is 0.201. The molecule has 1 spiro atoms. The number of unbranched alkanes of at least 4 members (excludes halogenated alkanes) is 1. The van der Waals surface area contributed by atoms with Crippen molar-refractivity contribution in [2.75, 3.05) is 19.6 Å². The maximum atomic E-state index is 14.0. The molecule has 29 heavy (non-hydrogen) atoms. The minimum absolute atomic E-state index is 0.00982. The Hall–Kier alpha value is -1.95. The van der Waals surface area contributed by atoms with E-state index < -0.39 is 11.6 Å². The van der Waals surface area contributed by atoms with Crippen LogP contribution in [0.3, 0.4) is 0 Å². The summed E-state index contributed by atoms with van der Waals surface area (Å²) in [6.07, 6.45) is 3.74. The highest BCUT2D eigenvalue weighted by Gasteiger charge is 2.53. The van der Waals surface area contributed by atoms with Gasteiger partial charge in [-0.25, -0.2) is 4.39 Å². The molecule has 2 saturated heterocycles. The monoisotopic (exact) mass is 403 g/mol. The van der Waals surface area contributed by atoms with Gasteiger partial charge in [0.25, 0.3) is 0 Å². The van der Waals surface area contributed by atoms with E-state index in [0.29, 0.717) is 56.9 Å². The summed E-state index contributed by atoms with van der Waals surface area (Å²) < 4.78 is 14.0. The molecule has 3 rings (SSSR count). The van der Waals surface area contributed by atoms with Crippen LogP contribution < -0.4 is 5.32 Å². The first-order chi connectivity index (χ1) is 13.9. The fourth-order valence-corrected chi connectivity index (χ4v) is 4.59. The summed E-state index contributed by atoms with van der Waals surface area (Å²) in [6.45, 7) is 8.75. The van der Waals surface area contributed by atoms with Crippen molar-refractivity contribution in [1.82, 2.24) is 15.1 Å². The number of nitrogens with zero attached hydrogens (tertiary/aromatic N) is 2. The van der Waals surface area contributed by atoms with Crippen molar-refractivity contribution >= 4 is 11.8 Å². The molecular formula is C23H34FN3O2. The number of piperazine rings is 1. The number of likely N-dealkylation sites (tertiary alicyclic amines) is 1. The zero-order valence-corrected chi connectivity index (χ0v) is 17.9. The average molecular weight is 404 g/mol. The SMILES string of the molecule is CCCCN1C(=O)C(CC(C)C)NC(=O)C12CCN(Cc1ccccc1F)CC2. The van der Waals surface area contributed by atoms with Gasteiger partial charge in [0, 0.05) is 31.7 Å². The standard InChI is InChI=1S/C23H34FN3O2/c1-4-5-12-27-21(28)20(15-17(2)3)25-22(29)23(27)10-13-26(14-11-23)16-18-8-6-7-9-19(18)24/h6-9,17,20H,4-5,10-16H2,1-3H3,(H,25,29). The van der Waals surface area contributed by atoms with Crippen LogP contribution in [0.15, 0.2) is 24.3 Å². The van der Waals surface area contributed by atoms with Crippen molar-refractivity contribution in [2.24, 2.45) is 5.92 Å². The number of carbonyl (C=O) groups is 2. The van der Waals surface area contributed by atoms with Crippen LogP contribution >= 0.6 is 0 Å². The predicted octanol–water partition coefficient (Wildman–Crippen LogP) is 3.33. The smallest absolute Gasteiger partial charge is 0.246 e. The molecule has 2 heterocycles. The normalized spacial score (nSPS) is 22.4. The summed E-state index contributed by atoms with van der Waals surface area (Å²) in [4.78, 5) is 30.5. The first-order valence-electron chi connectivity index (χ1n) is 11.0. The minimum Gasteiger partial charge on any atom is -0.342 e. The zero-order valence-electron chi connectivity index (χ0n) is 17.9. The van der Waals surface area contributed by atoms with Crippen LogP contribution in [0.5, 0.6) is 0 Å². The maximum Gasteiger partial charge on any atom is 0.246 e. The Morgan fingerprint density at radius 3 is 2.52 bits per heavy atom. The highest BCUT2D eigenvalue weighted by Crippen LogP contribution is 2.34. The summed E-state index contributed by atoms with van der Waals surface area (Å²) in [5.41, 5.74) is -0.0849. The molecule has 0 aromatic heterocycles. The molecule has 5 nitrogen and oxygen atoms in total. The highest BCUT2D eigenvalue weighted by atomic mass is 19.1. The Labute approximate surface area is 173 Å². The maximum absolute atomic E-state index is 14.0. The molecule has 2 fully saturated rings. The third-order valence-electron chi connectivity index (χ3n) is 6.29. The first kappa shape index (κ1) is 21.8. The fraction of sp³-hybridized carbons (Fsp3) is 0.652. The van der Waals surface area contributed by atoms with Crippen LogP contribution in [0.4, 0.5) is 4.39 Å². The molecule has 2 amide bonds. The van der Waals surface area contributed by atoms with E-state index in [-0.39, 0.29) is 17.6 Å². The lowest BCUT2D eigenvalue weighted by Gasteiger charge is -2.52. The lowest BCUT2D eigenvalue weighted by molar-refractivity contribution is -0.161. The molecule has 1 unspecified atom stereocenters. The van der Waals surface area contributed by atoms with Gasteiger partial charge in [-0.3, -0.25) is 14.5 Å². The number of amides is 2. The van der Waals surface area contributed by atoms with Crippen molar-refractivity contribution in [1.29, 1.82) is 0 Å². The van der Waals surface area contributed by atoms with E-state index in [2.05, 4.69) is 31.0 Å². The van der Waals surface area contributed by atoms with E-state index in [1.54, 1.807) is 12.1 Å². The van der Waals surface area contributed by atoms with Gasteiger partial charge in [-0.1, -0.05) is 45.4 Å². The quantitative estimate of drug-likeness (QED) is 0.760. The molecule has 1 aromatic rings. The Kier molecular flexibility index (Phi) is 6.93. The number of piperidine rings is 1. The lowest BCUT2D eigenvalue weighted by Crippen LogP contribution is -2.73. The van der Waals surface area contributed by atoms with E-state index >= 15 is 0 Å². The van der Waals surface area contributed by atoms with Gasteiger partial charge in [0.2, 0.25) is 11.8 Å². The Morgan fingerprint density at radius 2 is 1.90 bits per heavy atom. The number of nitrogens with one attached hydrogen (secondary N) is 1. The van der Waals surface area contributed by atoms with Crippen molar-refractivity contribution in [3.8, 4) is 0 Å². The minimum atomic E-state index is -0.758. The molecule has 2 aliphatic rings. The molecule has 6 heteroatoms. The molecule has 160 valence electrons. The van der Waals surface area contributed by atoms with Crippen molar-refractivity contribution in [3.05, 3.63) is 35.6 Å². The molecule has 1 atom stereocenters. The van der Waals surface area contributed by atoms with Gasteiger partial charge in [0.15, 0.2) is 0 Å². The molecule has 1 N–H and O–H groups in total. The lowest BCUT2D eigenvalue weighted by atomic mass is 9.80. The second-order valence-electron chi connectivity index (χ2n) is 8.90. The highest BCUT2D eigenvalue weighted by molar-refractivity contribution is 6.00. The number of halogens is 1. The molecule has 0 radical (unpaired) electrons. The van der Waals surface area contributed by atoms with Crippen LogP contribution in [0, 0.1) is 11.7 Å². The summed E-state index contributed by atoms with van der Waals surface area (Å²) in [5, 5.41) is 3.03. The van der Waals surface area contributed by atoms with E-state index in [1.807, 2.05) is 11.0 Å². The van der Waals surface area contributed by atoms with Crippen LogP contribution in [0.2, 0.25) is 0 Å². The van der Waals surface area contributed by atoms with E-state index in [9.17, 15) is 14.0 Å². The van der Waals surface area contributed by atoms with Crippen molar-refractivity contribution < 1.29 is 14.0 Å². The van der Waals surface area contributed by atoms with Gasteiger partial charge in [-0.05, 0) is 37.7 Å². The van der Waals surface area contributed by atoms with Gasteiger partial charge < -0.3 is 10.2 Å². The molecule has 0 saturated carbocycles. The van der Waals surface area contributed by atoms with Gasteiger partial charge in [0.05, 0.1) is 0 Å². The number of benzene rings is 1. The third kappa shape index (κ3) is 4.63. The molecular weight excluding hydrogens is 369 g/mol. The van der Waals surface area contributed by atoms with Crippen LogP contribution in [-0.2, 0) is 16.1 Å². The molecule has 0 bridgehead atoms. The first-order valence-corrected chi connectivity index (χ1v) is 11.0. The van der Waals surface area contributed by atoms with Crippen molar-refractivity contribution in [3.63, 3.8) is 0 Å². The largest absolute Gasteiger partial charge is 0.342 e. The van der Waals surface area contributed by atoms with Gasteiger partial charge in [-0.15, -0.1) is 0 Å². The van der Waals surface area contributed by atoms with Crippen LogP contribution in [0.1, 0.15) is 58.4 Å². The number of rotatable bonds is 7. The number of hydrogen-bond donors (Lipinski definition) is 1. The Morgan fingerprint density at radius 1 is 1.21 bits per heavy atom. The van der Waals surface area contributed by atoms with Crippen LogP contribution in [0.25, 0.3) is 0 Å². The fourth-order valence-electron chi connectivity index (χ4n) is 4.59. The average Bonchev–Trinajstić information content (AvgIpc) is 2.69. The Bertz CT molecular complexity index is 729. The van der Waals surface area contributed by atoms with Gasteiger partial charge >= 0.3 is 0 Å². The Balaban J connectivity index is 1.74. The van der Waals surface area contributed by atoms with Gasteiger partial charge in [-0.2, -0.15) is 0 Å². The molecule has 2 aliphatic heterocycles. The van der Waals surface area contributed by atoms with Crippen LogP contribution in [-0.4, -0.2) is 52.8 Å². The topological polar surface area (TPSA) is 52.7 Å². The zero-order chi connectivity index (χ0) is 21.0.